The lowest BCUT2D eigenvalue weighted by Gasteiger charge is -2.16. The molecule has 14 heteroatoms. The molecule has 0 aliphatic heterocycles. The first kappa shape index (κ1) is 26.6. The molecule has 4 rings (SSSR count). The van der Waals surface area contributed by atoms with E-state index in [0.717, 1.165) is 13.0 Å². The highest BCUT2D eigenvalue weighted by molar-refractivity contribution is 6.33. The second kappa shape index (κ2) is 10.1. The molecule has 0 spiro atoms. The van der Waals surface area contributed by atoms with E-state index in [-0.39, 0.29) is 33.6 Å². The van der Waals surface area contributed by atoms with E-state index < -0.39 is 35.7 Å². The molecule has 3 heterocycles. The van der Waals surface area contributed by atoms with Gasteiger partial charge in [-0.2, -0.15) is 23.5 Å². The lowest BCUT2D eigenvalue weighted by Crippen LogP contribution is -2.25. The van der Waals surface area contributed by atoms with Gasteiger partial charge in [0.05, 0.1) is 16.6 Å². The number of halogens is 5. The Morgan fingerprint density at radius 1 is 1.21 bits per heavy atom. The van der Waals surface area contributed by atoms with Crippen LogP contribution in [0.5, 0.6) is 0 Å². The van der Waals surface area contributed by atoms with Crippen molar-refractivity contribution in [2.75, 3.05) is 11.1 Å². The van der Waals surface area contributed by atoms with Crippen LogP contribution in [0.3, 0.4) is 0 Å². The third-order valence-corrected chi connectivity index (χ3v) is 6.10. The van der Waals surface area contributed by atoms with Crippen LogP contribution < -0.4 is 11.1 Å². The van der Waals surface area contributed by atoms with Crippen LogP contribution in [-0.2, 0) is 4.79 Å². The number of hydrogen-bond donors (Lipinski definition) is 2. The first-order chi connectivity index (χ1) is 17.9. The first-order valence-corrected chi connectivity index (χ1v) is 11.3. The van der Waals surface area contributed by atoms with Crippen LogP contribution >= 0.6 is 11.6 Å². The minimum Gasteiger partial charge on any atom is -0.383 e. The lowest BCUT2D eigenvalue weighted by molar-refractivity contribution is -0.164. The molecule has 2 atom stereocenters. The number of benzene rings is 1. The fourth-order valence-electron chi connectivity index (χ4n) is 3.51. The van der Waals surface area contributed by atoms with Crippen LogP contribution in [0.1, 0.15) is 36.9 Å². The highest BCUT2D eigenvalue weighted by Crippen LogP contribution is 2.35. The second-order valence-corrected chi connectivity index (χ2v) is 8.68. The quantitative estimate of drug-likeness (QED) is 0.295. The predicted octanol–water partition coefficient (Wildman–Crippen LogP) is 5.71. The van der Waals surface area contributed by atoms with Crippen molar-refractivity contribution in [1.82, 2.24) is 19.9 Å². The molecule has 0 bridgehead atoms. The van der Waals surface area contributed by atoms with Gasteiger partial charge in [0.2, 0.25) is 11.8 Å². The van der Waals surface area contributed by atoms with Crippen molar-refractivity contribution in [3.05, 3.63) is 64.6 Å². The molecular weight excluding hydrogens is 530 g/mol. The molecular formula is C24H18ClF4N7O2. The zero-order valence-corrected chi connectivity index (χ0v) is 20.5. The third kappa shape index (κ3) is 5.16. The number of amides is 1. The van der Waals surface area contributed by atoms with Gasteiger partial charge in [0, 0.05) is 17.8 Å². The van der Waals surface area contributed by atoms with Gasteiger partial charge >= 0.3 is 6.18 Å². The summed E-state index contributed by atoms with van der Waals surface area (Å²) in [6, 6.07) is 7.85. The number of nitrogens with one attached hydrogen (secondary N) is 1. The number of hydrogen-bond acceptors (Lipinski definition) is 7. The predicted molar refractivity (Wildman–Crippen MR) is 129 cm³/mol. The number of pyridine rings is 1. The number of aromatic nitrogens is 4. The van der Waals surface area contributed by atoms with E-state index in [9.17, 15) is 27.6 Å². The van der Waals surface area contributed by atoms with Gasteiger partial charge in [-0.05, 0) is 43.7 Å². The van der Waals surface area contributed by atoms with Crippen LogP contribution in [-0.4, -0.2) is 32.0 Å². The molecule has 3 N–H and O–H groups in total. The number of nitrogens with two attached hydrogens (primary N) is 1. The highest BCUT2D eigenvalue weighted by atomic mass is 35.5. The summed E-state index contributed by atoms with van der Waals surface area (Å²) in [5, 5.41) is 19.8. The van der Waals surface area contributed by atoms with E-state index in [1.165, 1.54) is 36.5 Å². The molecule has 2 unspecified atom stereocenters. The van der Waals surface area contributed by atoms with Gasteiger partial charge in [0.25, 0.3) is 0 Å². The highest BCUT2D eigenvalue weighted by Gasteiger charge is 2.40. The van der Waals surface area contributed by atoms with E-state index in [0.29, 0.717) is 15.8 Å². The van der Waals surface area contributed by atoms with Gasteiger partial charge in [-0.3, -0.25) is 15.1 Å². The average Bonchev–Trinajstić information content (AvgIpc) is 3.46. The van der Waals surface area contributed by atoms with Gasteiger partial charge < -0.3 is 10.3 Å². The van der Waals surface area contributed by atoms with E-state index >= 15 is 0 Å². The van der Waals surface area contributed by atoms with Crippen LogP contribution in [0.15, 0.2) is 47.1 Å². The minimum absolute atomic E-state index is 0.0280. The zero-order chi connectivity index (χ0) is 27.8. The third-order valence-electron chi connectivity index (χ3n) is 5.79. The Labute approximate surface area is 217 Å². The van der Waals surface area contributed by atoms with Gasteiger partial charge in [-0.25, -0.2) is 9.07 Å². The van der Waals surface area contributed by atoms with Crippen LogP contribution in [0.4, 0.5) is 29.3 Å². The number of alkyl halides is 3. The van der Waals surface area contributed by atoms with Crippen molar-refractivity contribution in [3.8, 4) is 28.7 Å². The number of carbonyl (C=O) groups is 1. The van der Waals surface area contributed by atoms with E-state index in [2.05, 4.69) is 20.6 Å². The van der Waals surface area contributed by atoms with Crippen molar-refractivity contribution < 1.29 is 26.9 Å². The van der Waals surface area contributed by atoms with E-state index in [1.54, 1.807) is 13.0 Å². The first-order valence-electron chi connectivity index (χ1n) is 10.9. The number of rotatable bonds is 6. The maximum atomic E-state index is 13.3. The molecule has 38 heavy (non-hydrogen) atoms. The lowest BCUT2D eigenvalue weighted by atomic mass is 10.0. The summed E-state index contributed by atoms with van der Waals surface area (Å²) in [4.78, 5) is 16.9. The maximum Gasteiger partial charge on any atom is 0.410 e. The Bertz CT molecular complexity index is 1540. The van der Waals surface area contributed by atoms with Crippen molar-refractivity contribution in [3.63, 3.8) is 0 Å². The summed E-state index contributed by atoms with van der Waals surface area (Å²) < 4.78 is 58.5. The smallest absolute Gasteiger partial charge is 0.383 e. The molecule has 4 aromatic rings. The number of anilines is 2. The van der Waals surface area contributed by atoms with Crippen LogP contribution in [0.25, 0.3) is 22.6 Å². The molecule has 0 radical (unpaired) electrons. The van der Waals surface area contributed by atoms with Gasteiger partial charge in [0.15, 0.2) is 0 Å². The van der Waals surface area contributed by atoms with Crippen molar-refractivity contribution >= 4 is 29.2 Å². The molecule has 196 valence electrons. The summed E-state index contributed by atoms with van der Waals surface area (Å²) in [5.74, 6) is -2.12. The number of carbonyl (C=O) groups excluding carboxylic acids is 1. The number of nitriles is 1. The zero-order valence-electron chi connectivity index (χ0n) is 19.7. The molecule has 0 aliphatic carbocycles. The van der Waals surface area contributed by atoms with Crippen LogP contribution in [0, 0.1) is 17.1 Å². The summed E-state index contributed by atoms with van der Waals surface area (Å²) in [5.41, 5.74) is 6.67. The summed E-state index contributed by atoms with van der Waals surface area (Å²) in [6.45, 7) is 2.47. The largest absolute Gasteiger partial charge is 0.410 e. The second-order valence-electron chi connectivity index (χ2n) is 8.27. The number of nitrogen functional groups attached to an aromatic ring is 1. The maximum absolute atomic E-state index is 13.3. The Hall–Kier alpha value is -4.44. The van der Waals surface area contributed by atoms with Gasteiger partial charge in [0.1, 0.15) is 40.7 Å². The molecule has 9 nitrogen and oxygen atoms in total. The molecule has 1 amide bonds. The standard InChI is InChI=1S/C24H18ClF4N7O2/c1-11(23(37)33-20-8-19(35-38-20)15-5-4-14(26)7-17(15)25)13-3-6-18(32-10-13)21-16(9-30)22(31)36(34-21)12(2)24(27,28)29/h3-8,10-12H,31H2,1-2H3,(H,33,37). The fourth-order valence-corrected chi connectivity index (χ4v) is 3.78. The minimum atomic E-state index is -4.63. The SMILES string of the molecule is CC(C(=O)Nc1cc(-c2ccc(F)cc2Cl)no1)c1ccc(-c2nn(C(C)C(F)(F)F)c(N)c2C#N)nc1. The topological polar surface area (TPSA) is 136 Å². The molecule has 1 aromatic carbocycles. The van der Waals surface area contributed by atoms with Gasteiger partial charge in [-0.1, -0.05) is 22.8 Å². The summed E-state index contributed by atoms with van der Waals surface area (Å²) in [7, 11) is 0. The summed E-state index contributed by atoms with van der Waals surface area (Å²) >= 11 is 6.03. The Kier molecular flexibility index (Phi) is 7.10. The molecule has 0 aliphatic rings. The fraction of sp³-hybridized carbons (Fsp3) is 0.208. The van der Waals surface area contributed by atoms with Crippen molar-refractivity contribution in [2.45, 2.75) is 32.0 Å². The van der Waals surface area contributed by atoms with E-state index in [4.69, 9.17) is 21.9 Å². The average molecular weight is 548 g/mol. The Balaban J connectivity index is 1.51. The van der Waals surface area contributed by atoms with Gasteiger partial charge in [-0.15, -0.1) is 0 Å². The molecule has 0 saturated heterocycles. The Morgan fingerprint density at radius 2 is 1.95 bits per heavy atom. The normalized spacial score (nSPS) is 13.1. The van der Waals surface area contributed by atoms with Crippen molar-refractivity contribution in [2.24, 2.45) is 0 Å². The molecule has 0 fully saturated rings. The van der Waals surface area contributed by atoms with Crippen LogP contribution in [0.2, 0.25) is 5.02 Å². The monoisotopic (exact) mass is 547 g/mol. The van der Waals surface area contributed by atoms with E-state index in [1.807, 2.05) is 0 Å². The molecule has 3 aromatic heterocycles. The number of nitrogens with zero attached hydrogens (tertiary/aromatic N) is 5. The Morgan fingerprint density at radius 3 is 2.55 bits per heavy atom. The van der Waals surface area contributed by atoms with Crippen molar-refractivity contribution in [1.29, 1.82) is 5.26 Å². The molecule has 0 saturated carbocycles. The summed E-state index contributed by atoms with van der Waals surface area (Å²) in [6.07, 6.45) is -3.28.